The molecule has 2 aromatic heterocycles. The first-order chi connectivity index (χ1) is 12.0. The normalized spacial score (nSPS) is 18.2. The molecule has 25 heavy (non-hydrogen) atoms. The van der Waals surface area contributed by atoms with Gasteiger partial charge >= 0.3 is 6.18 Å². The van der Waals surface area contributed by atoms with Crippen LogP contribution in [0.4, 0.5) is 19.0 Å². The van der Waals surface area contributed by atoms with Crippen LogP contribution in [0.15, 0.2) is 35.1 Å². The molecule has 8 heteroatoms. The summed E-state index contributed by atoms with van der Waals surface area (Å²) in [4.78, 5) is 10.3. The lowest BCUT2D eigenvalue weighted by Gasteiger charge is -2.28. The Morgan fingerprint density at radius 2 is 2.00 bits per heavy atom. The number of nitrogens with zero attached hydrogens (tertiary/aromatic N) is 4. The first kappa shape index (κ1) is 15.9. The summed E-state index contributed by atoms with van der Waals surface area (Å²) in [6.07, 6.45) is -1.62. The summed E-state index contributed by atoms with van der Waals surface area (Å²) >= 11 is 0. The van der Waals surface area contributed by atoms with Gasteiger partial charge in [0.2, 0.25) is 0 Å². The fourth-order valence-corrected chi connectivity index (χ4v) is 3.51. The molecule has 130 valence electrons. The van der Waals surface area contributed by atoms with Crippen LogP contribution >= 0.6 is 0 Å². The minimum atomic E-state index is -4.39. The number of aryl methyl sites for hydroxylation is 1. The Morgan fingerprint density at radius 1 is 1.20 bits per heavy atom. The largest absolute Gasteiger partial charge is 0.416 e. The highest BCUT2D eigenvalue weighted by Gasteiger charge is 2.38. The molecule has 0 spiro atoms. The molecule has 1 aliphatic rings. The van der Waals surface area contributed by atoms with Crippen LogP contribution in [0.5, 0.6) is 0 Å². The van der Waals surface area contributed by atoms with Gasteiger partial charge in [0.05, 0.1) is 17.3 Å². The maximum absolute atomic E-state index is 13.4. The average molecular weight is 348 g/mol. The zero-order chi connectivity index (χ0) is 17.6. The van der Waals surface area contributed by atoms with E-state index in [4.69, 9.17) is 4.52 Å². The van der Waals surface area contributed by atoms with Crippen molar-refractivity contribution < 1.29 is 17.7 Å². The first-order valence-electron chi connectivity index (χ1n) is 7.96. The van der Waals surface area contributed by atoms with Crippen LogP contribution in [0.1, 0.15) is 35.7 Å². The van der Waals surface area contributed by atoms with Gasteiger partial charge in [-0.2, -0.15) is 18.2 Å². The minimum Gasteiger partial charge on any atom is -0.349 e. The third-order valence-corrected chi connectivity index (χ3v) is 4.57. The third kappa shape index (κ3) is 2.61. The molecule has 5 nitrogen and oxygen atoms in total. The zero-order valence-electron chi connectivity index (χ0n) is 13.4. The highest BCUT2D eigenvalue weighted by Crippen LogP contribution is 2.43. The van der Waals surface area contributed by atoms with Crippen molar-refractivity contribution in [2.75, 3.05) is 11.4 Å². The molecule has 3 aromatic rings. The van der Waals surface area contributed by atoms with Crippen molar-refractivity contribution in [1.82, 2.24) is 15.1 Å². The molecule has 1 aliphatic heterocycles. The van der Waals surface area contributed by atoms with E-state index < -0.39 is 17.8 Å². The van der Waals surface area contributed by atoms with Crippen LogP contribution in [0, 0.1) is 6.92 Å². The van der Waals surface area contributed by atoms with Gasteiger partial charge in [-0.3, -0.25) is 0 Å². The Labute approximate surface area is 141 Å². The number of fused-ring (bicyclic) bond motifs is 1. The van der Waals surface area contributed by atoms with Crippen LogP contribution in [0.3, 0.4) is 0 Å². The van der Waals surface area contributed by atoms with Gasteiger partial charge in [-0.1, -0.05) is 23.4 Å². The number of halogens is 3. The van der Waals surface area contributed by atoms with Crippen LogP contribution in [0.2, 0.25) is 0 Å². The minimum absolute atomic E-state index is 0.272. The van der Waals surface area contributed by atoms with E-state index in [9.17, 15) is 13.2 Å². The fourth-order valence-electron chi connectivity index (χ4n) is 3.51. The number of alkyl halides is 3. The molecular weight excluding hydrogens is 333 g/mol. The van der Waals surface area contributed by atoms with Crippen molar-refractivity contribution in [3.8, 4) is 0 Å². The molecule has 0 bridgehead atoms. The van der Waals surface area contributed by atoms with Crippen LogP contribution < -0.4 is 4.90 Å². The molecule has 0 aliphatic carbocycles. The Hall–Kier alpha value is -2.64. The number of hydrogen-bond donors (Lipinski definition) is 0. The fraction of sp³-hybridized carbons (Fsp3) is 0.353. The predicted octanol–water partition coefficient (Wildman–Crippen LogP) is 4.29. The van der Waals surface area contributed by atoms with Crippen molar-refractivity contribution in [3.05, 3.63) is 47.4 Å². The van der Waals surface area contributed by atoms with E-state index in [0.717, 1.165) is 12.5 Å². The number of rotatable bonds is 2. The molecule has 0 radical (unpaired) electrons. The molecule has 1 fully saturated rings. The summed E-state index contributed by atoms with van der Waals surface area (Å²) in [6, 6.07) is 5.33. The van der Waals surface area contributed by atoms with E-state index in [-0.39, 0.29) is 5.56 Å². The quantitative estimate of drug-likeness (QED) is 0.692. The van der Waals surface area contributed by atoms with Gasteiger partial charge in [-0.15, -0.1) is 0 Å². The molecule has 0 amide bonds. The lowest BCUT2D eigenvalue weighted by Crippen LogP contribution is -2.26. The molecule has 0 N–H and O–H groups in total. The maximum Gasteiger partial charge on any atom is 0.416 e. The second-order valence-corrected chi connectivity index (χ2v) is 6.08. The number of hydrogen-bond acceptors (Lipinski definition) is 5. The van der Waals surface area contributed by atoms with Crippen LogP contribution in [-0.4, -0.2) is 21.7 Å². The van der Waals surface area contributed by atoms with E-state index in [0.29, 0.717) is 35.6 Å². The molecule has 1 saturated heterocycles. The smallest absolute Gasteiger partial charge is 0.349 e. The van der Waals surface area contributed by atoms with Crippen LogP contribution in [-0.2, 0) is 6.18 Å². The van der Waals surface area contributed by atoms with Gasteiger partial charge in [-0.05, 0) is 31.4 Å². The molecule has 4 rings (SSSR count). The van der Waals surface area contributed by atoms with Crippen LogP contribution in [0.25, 0.3) is 11.1 Å². The summed E-state index contributed by atoms with van der Waals surface area (Å²) in [5, 5.41) is 4.55. The molecule has 0 saturated carbocycles. The van der Waals surface area contributed by atoms with Crippen molar-refractivity contribution in [2.24, 2.45) is 0 Å². The molecule has 1 unspecified atom stereocenters. The Balaban J connectivity index is 1.84. The van der Waals surface area contributed by atoms with Gasteiger partial charge in [0.1, 0.15) is 17.5 Å². The maximum atomic E-state index is 13.4. The van der Waals surface area contributed by atoms with Crippen molar-refractivity contribution in [1.29, 1.82) is 0 Å². The second-order valence-electron chi connectivity index (χ2n) is 6.08. The molecule has 3 heterocycles. The Morgan fingerprint density at radius 3 is 2.80 bits per heavy atom. The standard InChI is InChI=1S/C17H15F3N4O/c1-10-14-15(21-9-22-16(14)25-23-10)24-8-4-7-13(24)11-5-2-3-6-12(11)17(18,19)20/h2-3,5-6,9,13H,4,7-8H2,1H3. The lowest BCUT2D eigenvalue weighted by molar-refractivity contribution is -0.138. The SMILES string of the molecule is Cc1noc2ncnc(N3CCCC3c3ccccc3C(F)(F)F)c12. The van der Waals surface area contributed by atoms with Crippen molar-refractivity contribution in [2.45, 2.75) is 32.0 Å². The van der Waals surface area contributed by atoms with Gasteiger partial charge in [0.25, 0.3) is 5.71 Å². The van der Waals surface area contributed by atoms with E-state index in [2.05, 4.69) is 15.1 Å². The lowest BCUT2D eigenvalue weighted by atomic mass is 9.98. The van der Waals surface area contributed by atoms with Gasteiger partial charge < -0.3 is 9.42 Å². The predicted molar refractivity (Wildman–Crippen MR) is 85.1 cm³/mol. The van der Waals surface area contributed by atoms with Crippen molar-refractivity contribution >= 4 is 16.9 Å². The Bertz CT molecular complexity index is 922. The highest BCUT2D eigenvalue weighted by molar-refractivity contribution is 5.88. The highest BCUT2D eigenvalue weighted by atomic mass is 19.4. The van der Waals surface area contributed by atoms with E-state index in [1.807, 2.05) is 4.90 Å². The van der Waals surface area contributed by atoms with E-state index >= 15 is 0 Å². The topological polar surface area (TPSA) is 55.1 Å². The molecule has 1 atom stereocenters. The molecular formula is C17H15F3N4O. The summed E-state index contributed by atoms with van der Waals surface area (Å²) in [5.41, 5.74) is 0.644. The first-order valence-corrected chi connectivity index (χ1v) is 7.96. The number of benzene rings is 1. The molecule has 1 aromatic carbocycles. The number of anilines is 1. The van der Waals surface area contributed by atoms with Gasteiger partial charge in [0, 0.05) is 6.54 Å². The average Bonchev–Trinajstić information content (AvgIpc) is 3.21. The summed E-state index contributed by atoms with van der Waals surface area (Å²) in [7, 11) is 0. The monoisotopic (exact) mass is 348 g/mol. The second kappa shape index (κ2) is 5.72. The van der Waals surface area contributed by atoms with Gasteiger partial charge in [-0.25, -0.2) is 4.98 Å². The summed E-state index contributed by atoms with van der Waals surface area (Å²) in [6.45, 7) is 2.39. The van der Waals surface area contributed by atoms with Gasteiger partial charge in [0.15, 0.2) is 0 Å². The summed E-state index contributed by atoms with van der Waals surface area (Å²) < 4.78 is 45.4. The van der Waals surface area contributed by atoms with E-state index in [1.54, 1.807) is 19.1 Å². The zero-order valence-corrected chi connectivity index (χ0v) is 13.4. The number of aromatic nitrogens is 3. The third-order valence-electron chi connectivity index (χ3n) is 4.57. The summed E-state index contributed by atoms with van der Waals surface area (Å²) in [5.74, 6) is 0.572. The van der Waals surface area contributed by atoms with Crippen molar-refractivity contribution in [3.63, 3.8) is 0 Å². The Kier molecular flexibility index (Phi) is 3.63. The van der Waals surface area contributed by atoms with E-state index in [1.165, 1.54) is 12.4 Å².